The molecule has 2 rings (SSSR count). The van der Waals surface area contributed by atoms with E-state index >= 15 is 0 Å². The number of hydrogen-bond acceptors (Lipinski definition) is 3. The second-order valence-corrected chi connectivity index (χ2v) is 4.14. The highest BCUT2D eigenvalue weighted by atomic mass is 16.5. The van der Waals surface area contributed by atoms with Crippen LogP contribution in [0.5, 0.6) is 0 Å². The molecule has 1 saturated heterocycles. The fourth-order valence-corrected chi connectivity index (χ4v) is 1.75. The van der Waals surface area contributed by atoms with Gasteiger partial charge in [0.15, 0.2) is 0 Å². The van der Waals surface area contributed by atoms with Gasteiger partial charge in [-0.05, 0) is 18.6 Å². The maximum atomic E-state index is 11.8. The fourth-order valence-electron chi connectivity index (χ4n) is 1.75. The summed E-state index contributed by atoms with van der Waals surface area (Å²) in [7, 11) is 0. The van der Waals surface area contributed by atoms with E-state index in [4.69, 9.17) is 10.5 Å². The number of hydrogen-bond donors (Lipinski definition) is 2. The number of ether oxygens (including phenoxy) is 1. The molecule has 0 radical (unpaired) electrons. The summed E-state index contributed by atoms with van der Waals surface area (Å²) in [5.41, 5.74) is 5.10. The van der Waals surface area contributed by atoms with E-state index in [0.29, 0.717) is 26.2 Å². The highest BCUT2D eigenvalue weighted by molar-refractivity contribution is 5.86. The number of nitrogens with two attached hydrogens (primary N) is 1. The lowest BCUT2D eigenvalue weighted by atomic mass is 9.99. The minimum absolute atomic E-state index is 0.114. The molecule has 0 bridgehead atoms. The average Bonchev–Trinajstić information content (AvgIpc) is 2.90. The molecule has 2 heterocycles. The third-order valence-corrected chi connectivity index (χ3v) is 2.83. The van der Waals surface area contributed by atoms with Crippen LogP contribution < -0.4 is 11.1 Å². The van der Waals surface area contributed by atoms with Crippen molar-refractivity contribution in [2.75, 3.05) is 19.8 Å². The predicted octanol–water partition coefficient (Wildman–Crippen LogP) is -0.278. The summed E-state index contributed by atoms with van der Waals surface area (Å²) in [5.74, 6) is -0.114. The molecule has 0 aliphatic carbocycles. The smallest absolute Gasteiger partial charge is 0.242 e. The van der Waals surface area contributed by atoms with E-state index in [1.807, 2.05) is 29.1 Å². The quantitative estimate of drug-likeness (QED) is 0.737. The molecule has 1 aliphatic heterocycles. The van der Waals surface area contributed by atoms with Gasteiger partial charge in [0, 0.05) is 32.1 Å². The lowest BCUT2D eigenvalue weighted by Gasteiger charge is -2.20. The van der Waals surface area contributed by atoms with E-state index in [0.717, 1.165) is 6.54 Å². The van der Waals surface area contributed by atoms with Crippen LogP contribution in [0.15, 0.2) is 24.5 Å². The Morgan fingerprint density at radius 3 is 2.88 bits per heavy atom. The third-order valence-electron chi connectivity index (χ3n) is 2.83. The summed E-state index contributed by atoms with van der Waals surface area (Å²) in [5, 5.41) is 2.84. The molecule has 88 valence electrons. The summed E-state index contributed by atoms with van der Waals surface area (Å²) in [6, 6.07) is 3.91. The minimum atomic E-state index is -0.823. The predicted molar refractivity (Wildman–Crippen MR) is 59.8 cm³/mol. The first-order chi connectivity index (χ1) is 7.71. The van der Waals surface area contributed by atoms with Crippen LogP contribution in [0.3, 0.4) is 0 Å². The minimum Gasteiger partial charge on any atom is -0.379 e. The van der Waals surface area contributed by atoms with Crippen LogP contribution in [0, 0.1) is 0 Å². The molecule has 1 amide bonds. The largest absolute Gasteiger partial charge is 0.379 e. The van der Waals surface area contributed by atoms with Crippen LogP contribution in [-0.4, -0.2) is 35.8 Å². The van der Waals surface area contributed by atoms with Crippen LogP contribution in [0.25, 0.3) is 0 Å². The number of carbonyl (C=O) groups is 1. The van der Waals surface area contributed by atoms with Gasteiger partial charge in [0.05, 0.1) is 6.61 Å². The second kappa shape index (κ2) is 4.67. The van der Waals surface area contributed by atoms with Crippen LogP contribution >= 0.6 is 0 Å². The third kappa shape index (κ3) is 2.43. The van der Waals surface area contributed by atoms with E-state index in [1.165, 1.54) is 0 Å². The van der Waals surface area contributed by atoms with Crippen molar-refractivity contribution in [3.05, 3.63) is 24.5 Å². The molecule has 0 saturated carbocycles. The van der Waals surface area contributed by atoms with Gasteiger partial charge in [-0.2, -0.15) is 0 Å². The summed E-state index contributed by atoms with van der Waals surface area (Å²) in [6.45, 7) is 2.24. The monoisotopic (exact) mass is 223 g/mol. The summed E-state index contributed by atoms with van der Waals surface area (Å²) < 4.78 is 7.15. The zero-order valence-corrected chi connectivity index (χ0v) is 9.19. The number of carbonyl (C=O) groups excluding carboxylic acids is 1. The van der Waals surface area contributed by atoms with Gasteiger partial charge in [-0.1, -0.05) is 0 Å². The van der Waals surface area contributed by atoms with Crippen molar-refractivity contribution in [1.82, 2.24) is 9.88 Å². The van der Waals surface area contributed by atoms with E-state index < -0.39 is 5.54 Å². The van der Waals surface area contributed by atoms with Gasteiger partial charge in [-0.15, -0.1) is 0 Å². The second-order valence-electron chi connectivity index (χ2n) is 4.14. The van der Waals surface area contributed by atoms with Gasteiger partial charge in [0.1, 0.15) is 5.54 Å². The van der Waals surface area contributed by atoms with E-state index in [-0.39, 0.29) is 5.91 Å². The topological polar surface area (TPSA) is 69.3 Å². The number of aromatic nitrogens is 1. The Hall–Kier alpha value is -1.33. The Morgan fingerprint density at radius 1 is 1.50 bits per heavy atom. The van der Waals surface area contributed by atoms with E-state index in [1.54, 1.807) is 0 Å². The van der Waals surface area contributed by atoms with Crippen LogP contribution in [0.2, 0.25) is 0 Å². The molecular formula is C11H17N3O2. The van der Waals surface area contributed by atoms with Gasteiger partial charge in [-0.3, -0.25) is 4.79 Å². The molecule has 1 aliphatic rings. The Labute approximate surface area is 94.6 Å². The summed E-state index contributed by atoms with van der Waals surface area (Å²) >= 11 is 0. The van der Waals surface area contributed by atoms with Crippen LogP contribution in [0.1, 0.15) is 6.42 Å². The SMILES string of the molecule is NC1(C(=O)NCCn2cccc2)CCOC1. The maximum absolute atomic E-state index is 11.8. The first kappa shape index (κ1) is 11.2. The normalized spacial score (nSPS) is 24.6. The van der Waals surface area contributed by atoms with Crippen molar-refractivity contribution in [1.29, 1.82) is 0 Å². The summed E-state index contributed by atoms with van der Waals surface area (Å²) in [4.78, 5) is 11.8. The van der Waals surface area contributed by atoms with Crippen molar-refractivity contribution in [2.24, 2.45) is 5.73 Å². The maximum Gasteiger partial charge on any atom is 0.242 e. The molecule has 5 nitrogen and oxygen atoms in total. The zero-order chi connectivity index (χ0) is 11.4. The number of nitrogens with one attached hydrogen (secondary N) is 1. The Balaban J connectivity index is 1.75. The molecule has 16 heavy (non-hydrogen) atoms. The van der Waals surface area contributed by atoms with Crippen molar-refractivity contribution >= 4 is 5.91 Å². The van der Waals surface area contributed by atoms with Crippen molar-refractivity contribution < 1.29 is 9.53 Å². The molecule has 1 aromatic rings. The first-order valence-electron chi connectivity index (χ1n) is 5.46. The van der Waals surface area contributed by atoms with Crippen LogP contribution in [-0.2, 0) is 16.1 Å². The van der Waals surface area contributed by atoms with Crippen molar-refractivity contribution in [2.45, 2.75) is 18.5 Å². The molecule has 1 unspecified atom stereocenters. The molecule has 0 spiro atoms. The first-order valence-corrected chi connectivity index (χ1v) is 5.46. The Kier molecular flexibility index (Phi) is 3.26. The Bertz CT molecular complexity index is 342. The van der Waals surface area contributed by atoms with Gasteiger partial charge in [0.2, 0.25) is 5.91 Å². The van der Waals surface area contributed by atoms with Crippen molar-refractivity contribution in [3.8, 4) is 0 Å². The highest BCUT2D eigenvalue weighted by Crippen LogP contribution is 2.15. The number of nitrogens with zero attached hydrogens (tertiary/aromatic N) is 1. The van der Waals surface area contributed by atoms with Crippen LogP contribution in [0.4, 0.5) is 0 Å². The lowest BCUT2D eigenvalue weighted by molar-refractivity contribution is -0.126. The lowest BCUT2D eigenvalue weighted by Crippen LogP contribution is -2.54. The van der Waals surface area contributed by atoms with Crippen molar-refractivity contribution in [3.63, 3.8) is 0 Å². The molecule has 1 atom stereocenters. The molecule has 5 heteroatoms. The van der Waals surface area contributed by atoms with Gasteiger partial charge in [-0.25, -0.2) is 0 Å². The van der Waals surface area contributed by atoms with Gasteiger partial charge < -0.3 is 20.4 Å². The standard InChI is InChI=1S/C11H17N3O2/c12-11(3-8-16-9-11)10(15)13-4-7-14-5-1-2-6-14/h1-2,5-6H,3-4,7-9,12H2,(H,13,15). The van der Waals surface area contributed by atoms with Gasteiger partial charge in [0.25, 0.3) is 0 Å². The molecular weight excluding hydrogens is 206 g/mol. The molecule has 1 fully saturated rings. The highest BCUT2D eigenvalue weighted by Gasteiger charge is 2.37. The molecule has 1 aromatic heterocycles. The summed E-state index contributed by atoms with van der Waals surface area (Å²) in [6.07, 6.45) is 4.52. The average molecular weight is 223 g/mol. The number of rotatable bonds is 4. The molecule has 3 N–H and O–H groups in total. The zero-order valence-electron chi connectivity index (χ0n) is 9.19. The fraction of sp³-hybridized carbons (Fsp3) is 0.545. The Morgan fingerprint density at radius 2 is 2.25 bits per heavy atom. The molecule has 0 aromatic carbocycles. The van der Waals surface area contributed by atoms with Gasteiger partial charge >= 0.3 is 0 Å². The van der Waals surface area contributed by atoms with E-state index in [9.17, 15) is 4.79 Å². The number of amides is 1. The van der Waals surface area contributed by atoms with E-state index in [2.05, 4.69) is 5.32 Å².